The second-order valence-electron chi connectivity index (χ2n) is 9.01. The standard InChI is InChI=1S/C24H33N3O3S/c1-2-18(19-7-6-14-31-19)26-24(30)17-10-8-16(9-11-17)15-25-20-21(23(29)22(20)28)27-12-4-3-5-13-27/h6-7,14,16-18,25H,2-5,8-13,15H2,1H3,(H,26,30). The van der Waals surface area contributed by atoms with Crippen molar-refractivity contribution in [2.24, 2.45) is 11.8 Å². The number of hydrogen-bond donors (Lipinski definition) is 2. The van der Waals surface area contributed by atoms with Gasteiger partial charge in [-0.3, -0.25) is 14.4 Å². The van der Waals surface area contributed by atoms with Gasteiger partial charge in [-0.05, 0) is 68.7 Å². The molecule has 1 aromatic carbocycles. The Hall–Kier alpha value is -2.15. The number of hydrogen-bond acceptors (Lipinski definition) is 6. The van der Waals surface area contributed by atoms with Gasteiger partial charge in [0.05, 0.1) is 6.04 Å². The van der Waals surface area contributed by atoms with Crippen molar-refractivity contribution in [2.75, 3.05) is 29.9 Å². The summed E-state index contributed by atoms with van der Waals surface area (Å²) in [4.78, 5) is 40.3. The van der Waals surface area contributed by atoms with Crippen LogP contribution in [0.25, 0.3) is 0 Å². The molecule has 1 saturated carbocycles. The van der Waals surface area contributed by atoms with Crippen LogP contribution >= 0.6 is 11.3 Å². The maximum Gasteiger partial charge on any atom is 0.253 e. The largest absolute Gasteiger partial charge is 0.380 e. The molecular formula is C24H33N3O3S. The Labute approximate surface area is 187 Å². The molecule has 2 aliphatic rings. The van der Waals surface area contributed by atoms with E-state index in [1.165, 1.54) is 11.3 Å². The van der Waals surface area contributed by atoms with Crippen LogP contribution in [0.3, 0.4) is 0 Å². The molecule has 7 heteroatoms. The number of nitrogens with zero attached hydrogens (tertiary/aromatic N) is 1. The van der Waals surface area contributed by atoms with E-state index in [0.29, 0.717) is 23.8 Å². The molecule has 1 aromatic heterocycles. The second-order valence-corrected chi connectivity index (χ2v) is 9.99. The van der Waals surface area contributed by atoms with E-state index in [-0.39, 0.29) is 28.7 Å². The summed E-state index contributed by atoms with van der Waals surface area (Å²) in [6, 6.07) is 4.22. The number of thiophene rings is 1. The predicted molar refractivity (Wildman–Crippen MR) is 127 cm³/mol. The minimum atomic E-state index is -0.368. The van der Waals surface area contributed by atoms with Gasteiger partial charge in [-0.15, -0.1) is 11.3 Å². The van der Waals surface area contributed by atoms with E-state index in [2.05, 4.69) is 33.9 Å². The SMILES string of the molecule is CCC(NC(=O)C1CCC(CNc2c(N3CCCCC3)c(=O)c2=O)CC1)c1cccs1. The van der Waals surface area contributed by atoms with Gasteiger partial charge in [0.25, 0.3) is 10.9 Å². The third kappa shape index (κ3) is 4.86. The Morgan fingerprint density at radius 3 is 2.52 bits per heavy atom. The molecule has 1 amide bonds. The number of carbonyl (C=O) groups excluding carboxylic acids is 1. The summed E-state index contributed by atoms with van der Waals surface area (Å²) in [7, 11) is 0. The van der Waals surface area contributed by atoms with E-state index < -0.39 is 0 Å². The lowest BCUT2D eigenvalue weighted by Crippen LogP contribution is -2.45. The summed E-state index contributed by atoms with van der Waals surface area (Å²) < 4.78 is 0. The lowest BCUT2D eigenvalue weighted by molar-refractivity contribution is -0.127. The number of nitrogens with one attached hydrogen (secondary N) is 2. The second kappa shape index (κ2) is 9.98. The minimum absolute atomic E-state index is 0.0697. The molecule has 2 fully saturated rings. The maximum absolute atomic E-state index is 12.8. The van der Waals surface area contributed by atoms with Crippen LogP contribution in [0.5, 0.6) is 0 Å². The third-order valence-electron chi connectivity index (χ3n) is 6.95. The molecule has 1 unspecified atom stereocenters. The van der Waals surface area contributed by atoms with E-state index in [4.69, 9.17) is 0 Å². The van der Waals surface area contributed by atoms with Crippen molar-refractivity contribution in [3.63, 3.8) is 0 Å². The normalized spacial score (nSPS) is 22.9. The summed E-state index contributed by atoms with van der Waals surface area (Å²) in [6.45, 7) is 4.54. The highest BCUT2D eigenvalue weighted by atomic mass is 32.1. The molecule has 0 bridgehead atoms. The first-order valence-corrected chi connectivity index (χ1v) is 12.6. The number of anilines is 2. The van der Waals surface area contributed by atoms with Crippen molar-refractivity contribution in [3.8, 4) is 0 Å². The maximum atomic E-state index is 12.8. The zero-order valence-electron chi connectivity index (χ0n) is 18.3. The van der Waals surface area contributed by atoms with Gasteiger partial charge in [-0.25, -0.2) is 0 Å². The molecule has 6 nitrogen and oxygen atoms in total. The van der Waals surface area contributed by atoms with Crippen LogP contribution in [0, 0.1) is 11.8 Å². The van der Waals surface area contributed by atoms with Gasteiger partial charge in [0.2, 0.25) is 5.91 Å². The predicted octanol–water partition coefficient (Wildman–Crippen LogP) is 3.82. The van der Waals surface area contributed by atoms with Crippen LogP contribution in [-0.4, -0.2) is 25.5 Å². The van der Waals surface area contributed by atoms with Crippen molar-refractivity contribution in [2.45, 2.75) is 64.3 Å². The Bertz CT molecular complexity index is 934. The molecule has 2 aromatic rings. The first-order chi connectivity index (χ1) is 15.1. The smallest absolute Gasteiger partial charge is 0.253 e. The van der Waals surface area contributed by atoms with Gasteiger partial charge in [0.15, 0.2) is 0 Å². The minimum Gasteiger partial charge on any atom is -0.380 e. The summed E-state index contributed by atoms with van der Waals surface area (Å²) in [5, 5.41) is 8.57. The first-order valence-electron chi connectivity index (χ1n) is 11.7. The molecule has 4 rings (SSSR count). The summed E-state index contributed by atoms with van der Waals surface area (Å²) >= 11 is 1.69. The van der Waals surface area contributed by atoms with Crippen LogP contribution in [-0.2, 0) is 4.79 Å². The van der Waals surface area contributed by atoms with Gasteiger partial charge in [0, 0.05) is 30.4 Å². The van der Waals surface area contributed by atoms with Crippen molar-refractivity contribution < 1.29 is 4.79 Å². The van der Waals surface area contributed by atoms with Crippen LogP contribution in [0.2, 0.25) is 0 Å². The molecule has 2 N–H and O–H groups in total. The summed E-state index contributed by atoms with van der Waals surface area (Å²) in [5.74, 6) is 0.670. The third-order valence-corrected chi connectivity index (χ3v) is 7.94. The van der Waals surface area contributed by atoms with E-state index in [9.17, 15) is 14.4 Å². The molecular weight excluding hydrogens is 410 g/mol. The lowest BCUT2D eigenvalue weighted by Gasteiger charge is -2.32. The zero-order valence-corrected chi connectivity index (χ0v) is 19.1. The highest BCUT2D eigenvalue weighted by molar-refractivity contribution is 7.10. The Morgan fingerprint density at radius 2 is 1.87 bits per heavy atom. The van der Waals surface area contributed by atoms with Gasteiger partial charge in [-0.1, -0.05) is 13.0 Å². The number of amides is 1. The van der Waals surface area contributed by atoms with Gasteiger partial charge in [-0.2, -0.15) is 0 Å². The van der Waals surface area contributed by atoms with E-state index in [0.717, 1.165) is 58.0 Å². The first kappa shape index (κ1) is 22.1. The van der Waals surface area contributed by atoms with Crippen molar-refractivity contribution in [1.29, 1.82) is 0 Å². The van der Waals surface area contributed by atoms with Crippen molar-refractivity contribution in [3.05, 3.63) is 42.8 Å². The number of piperidine rings is 1. The highest BCUT2D eigenvalue weighted by Gasteiger charge is 2.30. The molecule has 31 heavy (non-hydrogen) atoms. The molecule has 0 spiro atoms. The fourth-order valence-electron chi connectivity index (χ4n) is 4.99. The van der Waals surface area contributed by atoms with Crippen molar-refractivity contribution in [1.82, 2.24) is 5.32 Å². The summed E-state index contributed by atoms with van der Waals surface area (Å²) in [5.41, 5.74) is 0.430. The monoisotopic (exact) mass is 443 g/mol. The van der Waals surface area contributed by atoms with Crippen molar-refractivity contribution >= 4 is 28.6 Å². The lowest BCUT2D eigenvalue weighted by atomic mass is 9.81. The van der Waals surface area contributed by atoms with E-state index in [1.54, 1.807) is 11.3 Å². The summed E-state index contributed by atoms with van der Waals surface area (Å²) in [6.07, 6.45) is 7.94. The number of carbonyl (C=O) groups is 1. The van der Waals surface area contributed by atoms with Gasteiger partial charge < -0.3 is 15.5 Å². The fourth-order valence-corrected chi connectivity index (χ4v) is 5.85. The van der Waals surface area contributed by atoms with Crippen LogP contribution < -0.4 is 26.4 Å². The van der Waals surface area contributed by atoms with Crippen LogP contribution in [0.4, 0.5) is 11.4 Å². The van der Waals surface area contributed by atoms with Crippen LogP contribution in [0.1, 0.15) is 69.2 Å². The Kier molecular flexibility index (Phi) is 7.10. The molecule has 0 radical (unpaired) electrons. The average Bonchev–Trinajstić information content (AvgIpc) is 3.35. The van der Waals surface area contributed by atoms with E-state index in [1.807, 2.05) is 6.07 Å². The molecule has 2 heterocycles. The number of rotatable bonds is 8. The van der Waals surface area contributed by atoms with E-state index >= 15 is 0 Å². The molecule has 1 saturated heterocycles. The molecule has 1 aliphatic carbocycles. The average molecular weight is 444 g/mol. The Morgan fingerprint density at radius 1 is 1.13 bits per heavy atom. The highest BCUT2D eigenvalue weighted by Crippen LogP contribution is 2.31. The van der Waals surface area contributed by atoms with Gasteiger partial charge >= 0.3 is 0 Å². The topological polar surface area (TPSA) is 78.5 Å². The van der Waals surface area contributed by atoms with Gasteiger partial charge in [0.1, 0.15) is 11.4 Å². The zero-order chi connectivity index (χ0) is 21.8. The molecule has 1 atom stereocenters. The molecule has 168 valence electrons. The fraction of sp³-hybridized carbons (Fsp3) is 0.625. The molecule has 1 aliphatic heterocycles. The quantitative estimate of drug-likeness (QED) is 0.607. The van der Waals surface area contributed by atoms with Crippen LogP contribution in [0.15, 0.2) is 27.1 Å². The Balaban J connectivity index is 1.26.